The second-order valence-electron chi connectivity index (χ2n) is 3.94. The Labute approximate surface area is 113 Å². The molecule has 0 saturated heterocycles. The van der Waals surface area contributed by atoms with Crippen LogP contribution in [-0.4, -0.2) is 26.1 Å². The zero-order chi connectivity index (χ0) is 14.0. The van der Waals surface area contributed by atoms with E-state index in [-0.39, 0.29) is 12.2 Å². The first kappa shape index (κ1) is 13.5. The first-order chi connectivity index (χ1) is 9.02. The summed E-state index contributed by atoms with van der Waals surface area (Å²) in [6.07, 6.45) is 0.448. The van der Waals surface area contributed by atoms with Crippen LogP contribution in [0.3, 0.4) is 0 Å². The summed E-state index contributed by atoms with van der Waals surface area (Å²) in [5.41, 5.74) is 0.736. The van der Waals surface area contributed by atoms with E-state index in [9.17, 15) is 9.18 Å². The lowest BCUT2D eigenvalue weighted by molar-refractivity contribution is 0.0689. The van der Waals surface area contributed by atoms with Crippen molar-refractivity contribution in [3.8, 4) is 0 Å². The molecule has 0 aliphatic carbocycles. The molecule has 0 atom stereocenters. The average Bonchev–Trinajstić information content (AvgIpc) is 2.75. The Bertz CT molecular complexity index is 627. The third-order valence-corrected chi connectivity index (χ3v) is 2.95. The molecule has 1 aromatic carbocycles. The largest absolute Gasteiger partial charge is 0.476 e. The van der Waals surface area contributed by atoms with Crippen molar-refractivity contribution < 1.29 is 14.3 Å². The normalized spacial score (nSPS) is 10.7. The van der Waals surface area contributed by atoms with Crippen LogP contribution in [-0.2, 0) is 13.0 Å². The molecule has 1 N–H and O–H groups in total. The number of aromatic carboxylic acids is 1. The van der Waals surface area contributed by atoms with E-state index in [0.29, 0.717) is 22.7 Å². The summed E-state index contributed by atoms with van der Waals surface area (Å²) >= 11 is 5.67. The Morgan fingerprint density at radius 1 is 1.53 bits per heavy atom. The number of carboxylic acid groups (broad SMARTS) is 1. The lowest BCUT2D eigenvalue weighted by Crippen LogP contribution is -2.09. The van der Waals surface area contributed by atoms with E-state index in [1.54, 1.807) is 19.1 Å². The maximum atomic E-state index is 13.7. The lowest BCUT2D eigenvalue weighted by Gasteiger charge is -2.06. The maximum absolute atomic E-state index is 13.7. The van der Waals surface area contributed by atoms with Gasteiger partial charge in [-0.25, -0.2) is 13.9 Å². The molecule has 1 heterocycles. The van der Waals surface area contributed by atoms with Gasteiger partial charge in [-0.1, -0.05) is 29.8 Å². The minimum atomic E-state index is -1.14. The van der Waals surface area contributed by atoms with Gasteiger partial charge in [0.25, 0.3) is 0 Å². The van der Waals surface area contributed by atoms with Crippen molar-refractivity contribution in [2.24, 2.45) is 0 Å². The molecule has 7 heteroatoms. The predicted octanol–water partition coefficient (Wildman–Crippen LogP) is 2.38. The number of aromatic nitrogens is 3. The standard InChI is InChI=1S/C12H11ClFN3O2/c1-2-10-11(12(18)19)15-16-17(10)6-7-3-4-8(13)5-9(7)14/h3-5H,2,6H2,1H3,(H,18,19). The fourth-order valence-electron chi connectivity index (χ4n) is 1.79. The minimum Gasteiger partial charge on any atom is -0.476 e. The molecule has 2 aromatic rings. The van der Waals surface area contributed by atoms with Crippen LogP contribution in [0.1, 0.15) is 28.7 Å². The number of rotatable bonds is 4. The van der Waals surface area contributed by atoms with Crippen LogP contribution >= 0.6 is 11.6 Å². The molecule has 19 heavy (non-hydrogen) atoms. The quantitative estimate of drug-likeness (QED) is 0.935. The molecule has 0 saturated carbocycles. The van der Waals surface area contributed by atoms with E-state index >= 15 is 0 Å². The maximum Gasteiger partial charge on any atom is 0.358 e. The minimum absolute atomic E-state index is 0.100. The summed E-state index contributed by atoms with van der Waals surface area (Å²) in [6.45, 7) is 1.91. The molecule has 0 fully saturated rings. The Kier molecular flexibility index (Phi) is 3.80. The molecule has 5 nitrogen and oxygen atoms in total. The number of hydrogen-bond acceptors (Lipinski definition) is 3. The van der Waals surface area contributed by atoms with Gasteiger partial charge in [0, 0.05) is 10.6 Å². The monoisotopic (exact) mass is 283 g/mol. The highest BCUT2D eigenvalue weighted by atomic mass is 35.5. The Morgan fingerprint density at radius 2 is 2.26 bits per heavy atom. The molecule has 1 aromatic heterocycles. The first-order valence-electron chi connectivity index (χ1n) is 5.62. The molecule has 0 aliphatic rings. The van der Waals surface area contributed by atoms with E-state index in [2.05, 4.69) is 10.3 Å². The van der Waals surface area contributed by atoms with E-state index in [1.807, 2.05) is 0 Å². The van der Waals surface area contributed by atoms with E-state index in [0.717, 1.165) is 0 Å². The number of halogens is 2. The van der Waals surface area contributed by atoms with E-state index < -0.39 is 11.8 Å². The SMILES string of the molecule is CCc1c(C(=O)O)nnn1Cc1ccc(Cl)cc1F. The Morgan fingerprint density at radius 3 is 2.84 bits per heavy atom. The van der Waals surface area contributed by atoms with Gasteiger partial charge in [0.2, 0.25) is 0 Å². The van der Waals surface area contributed by atoms with Crippen LogP contribution in [0.25, 0.3) is 0 Å². The van der Waals surface area contributed by atoms with Crippen LogP contribution < -0.4 is 0 Å². The molecule has 0 aliphatic heterocycles. The number of hydrogen-bond donors (Lipinski definition) is 1. The predicted molar refractivity (Wildman–Crippen MR) is 66.9 cm³/mol. The van der Waals surface area contributed by atoms with Gasteiger partial charge in [0.15, 0.2) is 5.69 Å². The summed E-state index contributed by atoms with van der Waals surface area (Å²) in [4.78, 5) is 11.0. The summed E-state index contributed by atoms with van der Waals surface area (Å²) < 4.78 is 15.1. The fourth-order valence-corrected chi connectivity index (χ4v) is 1.95. The third-order valence-electron chi connectivity index (χ3n) is 2.71. The fraction of sp³-hybridized carbons (Fsp3) is 0.250. The van der Waals surface area contributed by atoms with Gasteiger partial charge in [-0.15, -0.1) is 5.10 Å². The van der Waals surface area contributed by atoms with Crippen molar-refractivity contribution in [2.75, 3.05) is 0 Å². The van der Waals surface area contributed by atoms with Gasteiger partial charge in [-0.2, -0.15) is 0 Å². The Hall–Kier alpha value is -1.95. The molecule has 2 rings (SSSR count). The first-order valence-corrected chi connectivity index (χ1v) is 6.00. The molecule has 0 unspecified atom stereocenters. The van der Waals surface area contributed by atoms with Gasteiger partial charge in [-0.3, -0.25) is 0 Å². The van der Waals surface area contributed by atoms with Crippen LogP contribution in [0, 0.1) is 5.82 Å². The van der Waals surface area contributed by atoms with Crippen LogP contribution in [0.4, 0.5) is 4.39 Å². The van der Waals surface area contributed by atoms with Crippen LogP contribution in [0.5, 0.6) is 0 Å². The summed E-state index contributed by atoms with van der Waals surface area (Å²) in [6, 6.07) is 4.32. The van der Waals surface area contributed by atoms with Crippen molar-refractivity contribution >= 4 is 17.6 Å². The number of nitrogens with zero attached hydrogens (tertiary/aromatic N) is 3. The number of carbonyl (C=O) groups is 1. The van der Waals surface area contributed by atoms with Crippen molar-refractivity contribution in [3.05, 3.63) is 46.0 Å². The summed E-state index contributed by atoms with van der Waals surface area (Å²) in [7, 11) is 0. The van der Waals surface area contributed by atoms with E-state index in [4.69, 9.17) is 16.7 Å². The van der Waals surface area contributed by atoms with E-state index in [1.165, 1.54) is 10.7 Å². The van der Waals surface area contributed by atoms with Gasteiger partial charge in [0.1, 0.15) is 5.82 Å². The highest BCUT2D eigenvalue weighted by molar-refractivity contribution is 6.30. The van der Waals surface area contributed by atoms with Crippen molar-refractivity contribution in [2.45, 2.75) is 19.9 Å². The molecule has 0 amide bonds. The third kappa shape index (κ3) is 2.73. The van der Waals surface area contributed by atoms with Gasteiger partial charge >= 0.3 is 5.97 Å². The number of carboxylic acids is 1. The Balaban J connectivity index is 2.35. The van der Waals surface area contributed by atoms with Crippen molar-refractivity contribution in [1.82, 2.24) is 15.0 Å². The zero-order valence-electron chi connectivity index (χ0n) is 10.1. The van der Waals surface area contributed by atoms with Crippen LogP contribution in [0.15, 0.2) is 18.2 Å². The average molecular weight is 284 g/mol. The van der Waals surface area contributed by atoms with Crippen molar-refractivity contribution in [1.29, 1.82) is 0 Å². The number of benzene rings is 1. The molecular formula is C12H11ClFN3O2. The molecule has 0 radical (unpaired) electrons. The van der Waals surface area contributed by atoms with Gasteiger partial charge < -0.3 is 5.11 Å². The molecular weight excluding hydrogens is 273 g/mol. The second-order valence-corrected chi connectivity index (χ2v) is 4.37. The highest BCUT2D eigenvalue weighted by Crippen LogP contribution is 2.17. The zero-order valence-corrected chi connectivity index (χ0v) is 10.9. The topological polar surface area (TPSA) is 68.0 Å². The van der Waals surface area contributed by atoms with Crippen LogP contribution in [0.2, 0.25) is 5.02 Å². The van der Waals surface area contributed by atoms with Gasteiger partial charge in [-0.05, 0) is 18.6 Å². The second kappa shape index (κ2) is 5.36. The van der Waals surface area contributed by atoms with Crippen molar-refractivity contribution in [3.63, 3.8) is 0 Å². The van der Waals surface area contributed by atoms with Gasteiger partial charge in [0.05, 0.1) is 12.2 Å². The summed E-state index contributed by atoms with van der Waals surface area (Å²) in [5, 5.41) is 16.6. The summed E-state index contributed by atoms with van der Waals surface area (Å²) in [5.74, 6) is -1.60. The molecule has 0 spiro atoms. The highest BCUT2D eigenvalue weighted by Gasteiger charge is 2.18. The molecule has 0 bridgehead atoms. The lowest BCUT2D eigenvalue weighted by atomic mass is 10.2. The molecule has 100 valence electrons. The smallest absolute Gasteiger partial charge is 0.358 e.